The number of anilines is 2. The molecule has 1 fully saturated rings. The summed E-state index contributed by atoms with van der Waals surface area (Å²) in [4.78, 5) is 13.2. The number of para-hydroxylation sites is 1. The summed E-state index contributed by atoms with van der Waals surface area (Å²) in [5.41, 5.74) is 1.24. The number of aromatic nitrogens is 1. The minimum absolute atomic E-state index is 0.230. The molecule has 0 spiro atoms. The Bertz CT molecular complexity index is 797. The molecule has 1 aliphatic rings. The molecule has 2 aromatic rings. The number of benzene rings is 1. The van der Waals surface area contributed by atoms with Crippen molar-refractivity contribution in [3.63, 3.8) is 0 Å². The van der Waals surface area contributed by atoms with Gasteiger partial charge in [-0.3, -0.25) is 4.99 Å². The van der Waals surface area contributed by atoms with Gasteiger partial charge in [0.2, 0.25) is 0 Å². The first-order chi connectivity index (χ1) is 14.7. The average molecular weight is 413 g/mol. The van der Waals surface area contributed by atoms with E-state index < -0.39 is 0 Å². The number of rotatable bonds is 9. The lowest BCUT2D eigenvalue weighted by atomic mass is 10.2. The smallest absolute Gasteiger partial charge is 0.191 e. The first kappa shape index (κ1) is 21.9. The van der Waals surface area contributed by atoms with Crippen LogP contribution in [0.3, 0.4) is 0 Å². The second kappa shape index (κ2) is 11.4. The van der Waals surface area contributed by atoms with Gasteiger partial charge < -0.3 is 20.4 Å². The van der Waals surface area contributed by atoms with E-state index in [0.717, 1.165) is 57.9 Å². The average Bonchev–Trinajstić information content (AvgIpc) is 3.22. The standard InChI is InChI=1S/C23H33FN6/c1-3-25-23(27-14-7-8-16-29(2)20-10-5-4-6-11-20)28-19-13-17-30(18-19)22-21(24)12-9-15-26-22/h4-6,9-12,15,19H,3,7-8,13-14,16-18H2,1-2H3,(H2,25,27,28). The molecule has 3 rings (SSSR count). The molecule has 1 aromatic carbocycles. The molecule has 1 aromatic heterocycles. The number of pyridine rings is 1. The van der Waals surface area contributed by atoms with Crippen molar-refractivity contribution in [1.82, 2.24) is 15.6 Å². The van der Waals surface area contributed by atoms with Crippen LogP contribution in [0.5, 0.6) is 0 Å². The zero-order valence-electron chi connectivity index (χ0n) is 18.0. The van der Waals surface area contributed by atoms with Crippen LogP contribution < -0.4 is 20.4 Å². The molecule has 0 amide bonds. The number of unbranched alkanes of at least 4 members (excludes halogenated alkanes) is 1. The van der Waals surface area contributed by atoms with Crippen molar-refractivity contribution < 1.29 is 4.39 Å². The van der Waals surface area contributed by atoms with E-state index in [-0.39, 0.29) is 11.9 Å². The largest absolute Gasteiger partial charge is 0.375 e. The molecule has 2 N–H and O–H groups in total. The molecule has 7 heteroatoms. The lowest BCUT2D eigenvalue weighted by molar-refractivity contribution is 0.612. The molecule has 2 heterocycles. The Hall–Kier alpha value is -2.83. The zero-order chi connectivity index (χ0) is 21.2. The summed E-state index contributed by atoms with van der Waals surface area (Å²) in [6.07, 6.45) is 4.69. The van der Waals surface area contributed by atoms with Crippen LogP contribution in [-0.2, 0) is 0 Å². The van der Waals surface area contributed by atoms with E-state index in [1.807, 2.05) is 11.0 Å². The van der Waals surface area contributed by atoms with Gasteiger partial charge in [0, 0.05) is 57.7 Å². The van der Waals surface area contributed by atoms with Gasteiger partial charge in [-0.25, -0.2) is 9.37 Å². The van der Waals surface area contributed by atoms with Crippen molar-refractivity contribution in [3.8, 4) is 0 Å². The molecule has 1 atom stereocenters. The first-order valence-electron chi connectivity index (χ1n) is 10.8. The number of halogens is 1. The highest BCUT2D eigenvalue weighted by Gasteiger charge is 2.25. The molecule has 1 aliphatic heterocycles. The van der Waals surface area contributed by atoms with E-state index in [2.05, 4.69) is 58.8 Å². The highest BCUT2D eigenvalue weighted by molar-refractivity contribution is 5.80. The maximum Gasteiger partial charge on any atom is 0.191 e. The van der Waals surface area contributed by atoms with E-state index in [4.69, 9.17) is 4.99 Å². The monoisotopic (exact) mass is 412 g/mol. The molecule has 6 nitrogen and oxygen atoms in total. The van der Waals surface area contributed by atoms with E-state index >= 15 is 0 Å². The lowest BCUT2D eigenvalue weighted by Gasteiger charge is -2.20. The number of nitrogens with zero attached hydrogens (tertiary/aromatic N) is 4. The van der Waals surface area contributed by atoms with Gasteiger partial charge >= 0.3 is 0 Å². The Kier molecular flexibility index (Phi) is 8.30. The molecule has 0 aliphatic carbocycles. The third kappa shape index (κ3) is 6.34. The van der Waals surface area contributed by atoms with Crippen molar-refractivity contribution in [1.29, 1.82) is 0 Å². The minimum atomic E-state index is -0.265. The number of guanidine groups is 1. The predicted molar refractivity (Wildman–Crippen MR) is 123 cm³/mol. The summed E-state index contributed by atoms with van der Waals surface area (Å²) >= 11 is 0. The number of hydrogen-bond acceptors (Lipinski definition) is 4. The molecular weight excluding hydrogens is 379 g/mol. The fourth-order valence-corrected chi connectivity index (χ4v) is 3.66. The van der Waals surface area contributed by atoms with Crippen LogP contribution in [0.1, 0.15) is 26.2 Å². The van der Waals surface area contributed by atoms with Gasteiger partial charge in [0.05, 0.1) is 0 Å². The fourth-order valence-electron chi connectivity index (χ4n) is 3.66. The van der Waals surface area contributed by atoms with Gasteiger partial charge in [-0.05, 0) is 50.5 Å². The van der Waals surface area contributed by atoms with Crippen LogP contribution in [0.15, 0.2) is 53.7 Å². The predicted octanol–water partition coefficient (Wildman–Crippen LogP) is 3.27. The van der Waals surface area contributed by atoms with Crippen molar-refractivity contribution in [2.45, 2.75) is 32.2 Å². The molecule has 0 bridgehead atoms. The molecule has 1 saturated heterocycles. The molecule has 0 saturated carbocycles. The molecule has 1 unspecified atom stereocenters. The number of nitrogens with one attached hydrogen (secondary N) is 2. The summed E-state index contributed by atoms with van der Waals surface area (Å²) in [6, 6.07) is 13.8. The third-order valence-corrected chi connectivity index (χ3v) is 5.28. The molecular formula is C23H33FN6. The first-order valence-corrected chi connectivity index (χ1v) is 10.8. The Morgan fingerprint density at radius 1 is 1.23 bits per heavy atom. The van der Waals surface area contributed by atoms with E-state index in [1.54, 1.807) is 12.3 Å². The van der Waals surface area contributed by atoms with Gasteiger partial charge in [0.1, 0.15) is 0 Å². The summed E-state index contributed by atoms with van der Waals surface area (Å²) < 4.78 is 14.0. The SMILES string of the molecule is CCNC(=NCCCCN(C)c1ccccc1)NC1CCN(c2ncccc2F)C1. The molecule has 30 heavy (non-hydrogen) atoms. The highest BCUT2D eigenvalue weighted by Crippen LogP contribution is 2.20. The van der Waals surface area contributed by atoms with Crippen LogP contribution in [0.2, 0.25) is 0 Å². The van der Waals surface area contributed by atoms with Crippen molar-refractivity contribution in [3.05, 3.63) is 54.5 Å². The Labute approximate surface area is 179 Å². The maximum absolute atomic E-state index is 14.0. The third-order valence-electron chi connectivity index (χ3n) is 5.28. The molecule has 0 radical (unpaired) electrons. The Balaban J connectivity index is 1.43. The van der Waals surface area contributed by atoms with Crippen LogP contribution in [0.4, 0.5) is 15.9 Å². The van der Waals surface area contributed by atoms with E-state index in [0.29, 0.717) is 5.82 Å². The van der Waals surface area contributed by atoms with Crippen molar-refractivity contribution >= 4 is 17.5 Å². The quantitative estimate of drug-likeness (QED) is 0.376. The van der Waals surface area contributed by atoms with Gasteiger partial charge in [-0.1, -0.05) is 18.2 Å². The summed E-state index contributed by atoms with van der Waals surface area (Å²) in [5, 5.41) is 6.82. The lowest BCUT2D eigenvalue weighted by Crippen LogP contribution is -2.44. The maximum atomic E-state index is 14.0. The summed E-state index contributed by atoms with van der Waals surface area (Å²) in [6.45, 7) is 6.18. The van der Waals surface area contributed by atoms with Crippen molar-refractivity contribution in [2.75, 3.05) is 49.6 Å². The van der Waals surface area contributed by atoms with Crippen molar-refractivity contribution in [2.24, 2.45) is 4.99 Å². The van der Waals surface area contributed by atoms with Crippen LogP contribution in [-0.4, -0.2) is 56.8 Å². The number of aliphatic imine (C=N–C) groups is 1. The van der Waals surface area contributed by atoms with Crippen LogP contribution in [0, 0.1) is 5.82 Å². The van der Waals surface area contributed by atoms with Gasteiger partial charge in [0.15, 0.2) is 17.6 Å². The fraction of sp³-hybridized carbons (Fsp3) is 0.478. The normalized spacial score (nSPS) is 16.6. The second-order valence-corrected chi connectivity index (χ2v) is 7.61. The Morgan fingerprint density at radius 3 is 2.83 bits per heavy atom. The van der Waals surface area contributed by atoms with E-state index in [1.165, 1.54) is 11.8 Å². The minimum Gasteiger partial charge on any atom is -0.375 e. The topological polar surface area (TPSA) is 55.8 Å². The van der Waals surface area contributed by atoms with Crippen LogP contribution >= 0.6 is 0 Å². The van der Waals surface area contributed by atoms with Gasteiger partial charge in [-0.15, -0.1) is 0 Å². The van der Waals surface area contributed by atoms with E-state index in [9.17, 15) is 4.39 Å². The summed E-state index contributed by atoms with van der Waals surface area (Å²) in [5.74, 6) is 1.01. The summed E-state index contributed by atoms with van der Waals surface area (Å²) in [7, 11) is 2.13. The van der Waals surface area contributed by atoms with Gasteiger partial charge in [-0.2, -0.15) is 0 Å². The highest BCUT2D eigenvalue weighted by atomic mass is 19.1. The number of hydrogen-bond donors (Lipinski definition) is 2. The second-order valence-electron chi connectivity index (χ2n) is 7.61. The molecule has 162 valence electrons. The van der Waals surface area contributed by atoms with Gasteiger partial charge in [0.25, 0.3) is 0 Å². The van der Waals surface area contributed by atoms with Crippen LogP contribution in [0.25, 0.3) is 0 Å². The Morgan fingerprint density at radius 2 is 2.07 bits per heavy atom. The zero-order valence-corrected chi connectivity index (χ0v) is 18.0.